The number of benzene rings is 1. The van der Waals surface area contributed by atoms with Crippen molar-refractivity contribution in [1.82, 2.24) is 4.90 Å². The van der Waals surface area contributed by atoms with Gasteiger partial charge in [0.25, 0.3) is 5.91 Å². The summed E-state index contributed by atoms with van der Waals surface area (Å²) in [4.78, 5) is 14.1. The molecule has 19 heavy (non-hydrogen) atoms. The first-order valence-electron chi connectivity index (χ1n) is 6.54. The summed E-state index contributed by atoms with van der Waals surface area (Å²) in [5.41, 5.74) is 6.12. The highest BCUT2D eigenvalue weighted by Crippen LogP contribution is 2.27. The molecule has 1 saturated heterocycles. The first-order chi connectivity index (χ1) is 9.02. The van der Waals surface area contributed by atoms with E-state index in [1.54, 1.807) is 4.90 Å². The largest absolute Gasteiger partial charge is 0.504 e. The molecule has 0 aliphatic carbocycles. The van der Waals surface area contributed by atoms with Crippen LogP contribution in [-0.2, 0) is 0 Å². The fourth-order valence-electron chi connectivity index (χ4n) is 2.48. The maximum Gasteiger partial charge on any atom is 0.254 e. The van der Waals surface area contributed by atoms with E-state index in [0.717, 1.165) is 6.42 Å². The average Bonchev–Trinajstić information content (AvgIpc) is 2.41. The number of amides is 1. The molecule has 1 aromatic carbocycles. The average molecular weight is 264 g/mol. The number of phenolic OH excluding ortho intramolecular Hbond substituents is 2. The lowest BCUT2D eigenvalue weighted by atomic mass is 9.87. The Morgan fingerprint density at radius 1 is 1.42 bits per heavy atom. The molecule has 0 bridgehead atoms. The fraction of sp³-hybridized carbons (Fsp3) is 0.500. The van der Waals surface area contributed by atoms with E-state index in [-0.39, 0.29) is 17.4 Å². The highest BCUT2D eigenvalue weighted by molar-refractivity contribution is 5.95. The third-order valence-corrected chi connectivity index (χ3v) is 3.93. The van der Waals surface area contributed by atoms with Crippen LogP contribution < -0.4 is 5.73 Å². The first kappa shape index (κ1) is 13.7. The summed E-state index contributed by atoms with van der Waals surface area (Å²) in [6.07, 6.45) is 0.942. The third kappa shape index (κ3) is 2.81. The topological polar surface area (TPSA) is 86.8 Å². The fourth-order valence-corrected chi connectivity index (χ4v) is 2.48. The van der Waals surface area contributed by atoms with Crippen molar-refractivity contribution in [3.8, 4) is 11.5 Å². The van der Waals surface area contributed by atoms with E-state index in [0.29, 0.717) is 37.0 Å². The van der Waals surface area contributed by atoms with Gasteiger partial charge in [-0.05, 0) is 43.0 Å². The molecule has 0 spiro atoms. The molecule has 1 heterocycles. The summed E-state index contributed by atoms with van der Waals surface area (Å²) in [7, 11) is 0. The summed E-state index contributed by atoms with van der Waals surface area (Å²) in [6, 6.07) is 4.15. The van der Waals surface area contributed by atoms with Gasteiger partial charge in [0.2, 0.25) is 0 Å². The minimum atomic E-state index is -0.272. The van der Waals surface area contributed by atoms with E-state index in [1.165, 1.54) is 18.2 Å². The van der Waals surface area contributed by atoms with Crippen molar-refractivity contribution in [3.05, 3.63) is 23.8 Å². The molecule has 1 fully saturated rings. The van der Waals surface area contributed by atoms with Gasteiger partial charge in [0.05, 0.1) is 0 Å². The first-order valence-corrected chi connectivity index (χ1v) is 6.54. The SMILES string of the molecule is CC1CCN(C(=O)c2ccc(O)c(O)c2)CC1CN. The van der Waals surface area contributed by atoms with E-state index in [9.17, 15) is 15.0 Å². The summed E-state index contributed by atoms with van der Waals surface area (Å²) in [6.45, 7) is 4.09. The van der Waals surface area contributed by atoms with Crippen LogP contribution in [0.3, 0.4) is 0 Å². The summed E-state index contributed by atoms with van der Waals surface area (Å²) >= 11 is 0. The van der Waals surface area contributed by atoms with Crippen LogP contribution in [0.5, 0.6) is 11.5 Å². The molecule has 5 nitrogen and oxygen atoms in total. The molecule has 2 rings (SSSR count). The monoisotopic (exact) mass is 264 g/mol. The molecular formula is C14H20N2O3. The zero-order valence-corrected chi connectivity index (χ0v) is 11.0. The van der Waals surface area contributed by atoms with E-state index in [1.807, 2.05) is 0 Å². The molecule has 1 aliphatic rings. The van der Waals surface area contributed by atoms with Crippen molar-refractivity contribution in [2.75, 3.05) is 19.6 Å². The molecular weight excluding hydrogens is 244 g/mol. The Kier molecular flexibility index (Phi) is 3.95. The second kappa shape index (κ2) is 5.48. The molecule has 4 N–H and O–H groups in total. The second-order valence-electron chi connectivity index (χ2n) is 5.22. The number of hydrogen-bond acceptors (Lipinski definition) is 4. The molecule has 0 radical (unpaired) electrons. The predicted molar refractivity (Wildman–Crippen MR) is 72.0 cm³/mol. The van der Waals surface area contributed by atoms with Crippen molar-refractivity contribution >= 4 is 5.91 Å². The Morgan fingerprint density at radius 2 is 2.16 bits per heavy atom. The lowest BCUT2D eigenvalue weighted by Gasteiger charge is -2.36. The van der Waals surface area contributed by atoms with Crippen molar-refractivity contribution < 1.29 is 15.0 Å². The Bertz CT molecular complexity index is 476. The van der Waals surface area contributed by atoms with E-state index < -0.39 is 0 Å². The number of piperidine rings is 1. The summed E-state index contributed by atoms with van der Waals surface area (Å²) in [5.74, 6) is 0.238. The molecule has 0 saturated carbocycles. The minimum absolute atomic E-state index is 0.124. The molecule has 104 valence electrons. The van der Waals surface area contributed by atoms with Crippen molar-refractivity contribution in [3.63, 3.8) is 0 Å². The lowest BCUT2D eigenvalue weighted by molar-refractivity contribution is 0.0618. The minimum Gasteiger partial charge on any atom is -0.504 e. The van der Waals surface area contributed by atoms with Crippen LogP contribution in [0.1, 0.15) is 23.7 Å². The van der Waals surface area contributed by atoms with Gasteiger partial charge >= 0.3 is 0 Å². The highest BCUT2D eigenvalue weighted by Gasteiger charge is 2.28. The number of hydrogen-bond donors (Lipinski definition) is 3. The van der Waals surface area contributed by atoms with Crippen molar-refractivity contribution in [2.24, 2.45) is 17.6 Å². The number of carbonyl (C=O) groups is 1. The van der Waals surface area contributed by atoms with E-state index in [2.05, 4.69) is 6.92 Å². The Morgan fingerprint density at radius 3 is 2.79 bits per heavy atom. The second-order valence-corrected chi connectivity index (χ2v) is 5.22. The molecule has 1 aromatic rings. The molecule has 1 aliphatic heterocycles. The predicted octanol–water partition coefficient (Wildman–Crippen LogP) is 1.15. The maximum atomic E-state index is 12.3. The Balaban J connectivity index is 2.13. The molecule has 2 atom stereocenters. The molecule has 2 unspecified atom stereocenters. The van der Waals surface area contributed by atoms with Crippen LogP contribution in [0.25, 0.3) is 0 Å². The van der Waals surface area contributed by atoms with Gasteiger partial charge in [0.1, 0.15) is 0 Å². The number of aromatic hydroxyl groups is 2. The van der Waals surface area contributed by atoms with Crippen molar-refractivity contribution in [1.29, 1.82) is 0 Å². The van der Waals surface area contributed by atoms with Crippen LogP contribution in [0, 0.1) is 11.8 Å². The lowest BCUT2D eigenvalue weighted by Crippen LogP contribution is -2.45. The van der Waals surface area contributed by atoms with E-state index >= 15 is 0 Å². The van der Waals surface area contributed by atoms with Gasteiger partial charge in [-0.25, -0.2) is 0 Å². The van der Waals surface area contributed by atoms with Crippen LogP contribution >= 0.6 is 0 Å². The van der Waals surface area contributed by atoms with Gasteiger partial charge in [-0.3, -0.25) is 4.79 Å². The Labute approximate surface area is 112 Å². The number of likely N-dealkylation sites (tertiary alicyclic amines) is 1. The normalized spacial score (nSPS) is 23.4. The third-order valence-electron chi connectivity index (χ3n) is 3.93. The summed E-state index contributed by atoms with van der Waals surface area (Å²) in [5, 5.41) is 18.7. The van der Waals surface area contributed by atoms with Crippen LogP contribution in [0.15, 0.2) is 18.2 Å². The standard InChI is InChI=1S/C14H20N2O3/c1-9-4-5-16(8-11(9)7-15)14(19)10-2-3-12(17)13(18)6-10/h2-3,6,9,11,17-18H,4-5,7-8,15H2,1H3. The molecule has 1 amide bonds. The smallest absolute Gasteiger partial charge is 0.254 e. The van der Waals surface area contributed by atoms with Gasteiger partial charge in [-0.1, -0.05) is 6.92 Å². The molecule has 0 aromatic heterocycles. The number of nitrogens with zero attached hydrogens (tertiary/aromatic N) is 1. The summed E-state index contributed by atoms with van der Waals surface area (Å²) < 4.78 is 0. The van der Waals surface area contributed by atoms with Gasteiger partial charge < -0.3 is 20.8 Å². The van der Waals surface area contributed by atoms with Crippen molar-refractivity contribution in [2.45, 2.75) is 13.3 Å². The van der Waals surface area contributed by atoms with Crippen LogP contribution in [0.2, 0.25) is 0 Å². The van der Waals surface area contributed by atoms with Gasteiger partial charge in [0.15, 0.2) is 11.5 Å². The van der Waals surface area contributed by atoms with Gasteiger partial charge in [0, 0.05) is 18.7 Å². The van der Waals surface area contributed by atoms with Gasteiger partial charge in [-0.15, -0.1) is 0 Å². The van der Waals surface area contributed by atoms with Gasteiger partial charge in [-0.2, -0.15) is 0 Å². The number of carbonyl (C=O) groups excluding carboxylic acids is 1. The Hall–Kier alpha value is -1.75. The highest BCUT2D eigenvalue weighted by atomic mass is 16.3. The maximum absolute atomic E-state index is 12.3. The zero-order chi connectivity index (χ0) is 14.0. The quantitative estimate of drug-likeness (QED) is 0.699. The number of rotatable bonds is 2. The van der Waals surface area contributed by atoms with Crippen LogP contribution in [0.4, 0.5) is 0 Å². The van der Waals surface area contributed by atoms with E-state index in [4.69, 9.17) is 5.73 Å². The van der Waals surface area contributed by atoms with Crippen LogP contribution in [-0.4, -0.2) is 40.7 Å². The number of phenols is 2. The number of nitrogens with two attached hydrogens (primary N) is 1. The molecule has 5 heteroatoms. The zero-order valence-electron chi connectivity index (χ0n) is 11.0.